The zero-order chi connectivity index (χ0) is 15.9. The summed E-state index contributed by atoms with van der Waals surface area (Å²) in [6.07, 6.45) is 0. The van der Waals surface area contributed by atoms with Crippen LogP contribution < -0.4 is 10.1 Å². The highest BCUT2D eigenvalue weighted by atomic mass is 16.5. The number of carbonyl (C=O) groups is 1. The van der Waals surface area contributed by atoms with E-state index < -0.39 is 0 Å². The molecule has 2 aromatic rings. The molecule has 0 aliphatic rings. The van der Waals surface area contributed by atoms with Crippen LogP contribution in [0.25, 0.3) is 0 Å². The first-order valence-electron chi connectivity index (χ1n) is 7.65. The van der Waals surface area contributed by atoms with Gasteiger partial charge in [-0.15, -0.1) is 0 Å². The molecule has 1 amide bonds. The predicted octanol–water partition coefficient (Wildman–Crippen LogP) is 3.93. The topological polar surface area (TPSA) is 38.3 Å². The van der Waals surface area contributed by atoms with Gasteiger partial charge in [0, 0.05) is 5.56 Å². The van der Waals surface area contributed by atoms with Crippen LogP contribution in [-0.2, 0) is 0 Å². The third-order valence-electron chi connectivity index (χ3n) is 3.58. The van der Waals surface area contributed by atoms with Crippen molar-refractivity contribution in [3.63, 3.8) is 0 Å². The lowest BCUT2D eigenvalue weighted by atomic mass is 10.0. The SMILES string of the molecule is Cc1ccccc1C(=O)NCCOc1ccccc1C(C)C. The minimum absolute atomic E-state index is 0.0566. The Morgan fingerprint density at radius 2 is 1.77 bits per heavy atom. The number of para-hydroxylation sites is 1. The van der Waals surface area contributed by atoms with Gasteiger partial charge in [0.15, 0.2) is 0 Å². The van der Waals surface area contributed by atoms with Crippen LogP contribution in [0.15, 0.2) is 48.5 Å². The molecule has 3 nitrogen and oxygen atoms in total. The molecule has 0 bridgehead atoms. The molecule has 0 saturated heterocycles. The molecule has 0 fully saturated rings. The van der Waals surface area contributed by atoms with Crippen LogP contribution in [0.2, 0.25) is 0 Å². The van der Waals surface area contributed by atoms with Crippen LogP contribution in [-0.4, -0.2) is 19.1 Å². The summed E-state index contributed by atoms with van der Waals surface area (Å²) in [4.78, 5) is 12.1. The van der Waals surface area contributed by atoms with Crippen molar-refractivity contribution >= 4 is 5.91 Å². The molecule has 0 aliphatic carbocycles. The smallest absolute Gasteiger partial charge is 0.251 e. The number of nitrogens with one attached hydrogen (secondary N) is 1. The number of amides is 1. The predicted molar refractivity (Wildman–Crippen MR) is 89.5 cm³/mol. The Bertz CT molecular complexity index is 635. The second-order valence-electron chi connectivity index (χ2n) is 5.61. The molecular weight excluding hydrogens is 274 g/mol. The van der Waals surface area contributed by atoms with E-state index in [1.165, 1.54) is 5.56 Å². The highest BCUT2D eigenvalue weighted by Gasteiger charge is 2.09. The van der Waals surface area contributed by atoms with E-state index in [4.69, 9.17) is 4.74 Å². The Morgan fingerprint density at radius 1 is 1.09 bits per heavy atom. The van der Waals surface area contributed by atoms with E-state index in [1.54, 1.807) is 0 Å². The fourth-order valence-corrected chi connectivity index (χ4v) is 2.34. The third kappa shape index (κ3) is 4.10. The molecule has 1 N–H and O–H groups in total. The highest BCUT2D eigenvalue weighted by Crippen LogP contribution is 2.25. The molecule has 0 aliphatic heterocycles. The first-order valence-corrected chi connectivity index (χ1v) is 7.65. The maximum Gasteiger partial charge on any atom is 0.251 e. The lowest BCUT2D eigenvalue weighted by Gasteiger charge is -2.14. The lowest BCUT2D eigenvalue weighted by Crippen LogP contribution is -2.28. The standard InChI is InChI=1S/C19H23NO2/c1-14(2)16-9-6-7-11-18(16)22-13-12-20-19(21)17-10-5-4-8-15(17)3/h4-11,14H,12-13H2,1-3H3,(H,20,21). The van der Waals surface area contributed by atoms with Crippen molar-refractivity contribution < 1.29 is 9.53 Å². The van der Waals surface area contributed by atoms with Crippen molar-refractivity contribution in [2.75, 3.05) is 13.2 Å². The largest absolute Gasteiger partial charge is 0.491 e. The quantitative estimate of drug-likeness (QED) is 0.821. The van der Waals surface area contributed by atoms with Gasteiger partial charge in [-0.05, 0) is 36.1 Å². The molecule has 0 radical (unpaired) electrons. The van der Waals surface area contributed by atoms with Gasteiger partial charge in [-0.3, -0.25) is 4.79 Å². The number of benzene rings is 2. The van der Waals surface area contributed by atoms with E-state index in [-0.39, 0.29) is 5.91 Å². The Hall–Kier alpha value is -2.29. The maximum atomic E-state index is 12.1. The maximum absolute atomic E-state index is 12.1. The number of carbonyl (C=O) groups excluding carboxylic acids is 1. The number of aryl methyl sites for hydroxylation is 1. The van der Waals surface area contributed by atoms with Crippen LogP contribution >= 0.6 is 0 Å². The number of hydrogen-bond acceptors (Lipinski definition) is 2. The minimum atomic E-state index is -0.0566. The van der Waals surface area contributed by atoms with E-state index in [1.807, 2.05) is 49.4 Å². The summed E-state index contributed by atoms with van der Waals surface area (Å²) in [6, 6.07) is 15.6. The summed E-state index contributed by atoms with van der Waals surface area (Å²) in [6.45, 7) is 7.16. The van der Waals surface area contributed by atoms with Crippen LogP contribution in [0, 0.1) is 6.92 Å². The Labute approximate surface area is 132 Å². The molecule has 0 aromatic heterocycles. The summed E-state index contributed by atoms with van der Waals surface area (Å²) in [5.74, 6) is 1.25. The fraction of sp³-hybridized carbons (Fsp3) is 0.316. The van der Waals surface area contributed by atoms with Gasteiger partial charge in [0.05, 0.1) is 6.54 Å². The Morgan fingerprint density at radius 3 is 2.50 bits per heavy atom. The van der Waals surface area contributed by atoms with Crippen LogP contribution in [0.4, 0.5) is 0 Å². The van der Waals surface area contributed by atoms with E-state index in [0.29, 0.717) is 24.6 Å². The highest BCUT2D eigenvalue weighted by molar-refractivity contribution is 5.95. The molecule has 116 valence electrons. The van der Waals surface area contributed by atoms with E-state index in [9.17, 15) is 4.79 Å². The van der Waals surface area contributed by atoms with Gasteiger partial charge in [0.1, 0.15) is 12.4 Å². The van der Waals surface area contributed by atoms with Gasteiger partial charge in [-0.1, -0.05) is 50.2 Å². The molecule has 2 rings (SSSR count). The monoisotopic (exact) mass is 297 g/mol. The number of hydrogen-bond donors (Lipinski definition) is 1. The third-order valence-corrected chi connectivity index (χ3v) is 3.58. The van der Waals surface area contributed by atoms with Gasteiger partial charge in [-0.2, -0.15) is 0 Å². The van der Waals surface area contributed by atoms with Gasteiger partial charge in [0.2, 0.25) is 0 Å². The van der Waals surface area contributed by atoms with Crippen molar-refractivity contribution in [1.82, 2.24) is 5.32 Å². The van der Waals surface area contributed by atoms with E-state index in [2.05, 4.69) is 25.2 Å². The molecule has 22 heavy (non-hydrogen) atoms. The number of ether oxygens (including phenoxy) is 1. The molecule has 0 atom stereocenters. The summed E-state index contributed by atoms with van der Waals surface area (Å²) in [5.41, 5.74) is 2.88. The second-order valence-corrected chi connectivity index (χ2v) is 5.61. The lowest BCUT2D eigenvalue weighted by molar-refractivity contribution is 0.0946. The van der Waals surface area contributed by atoms with Gasteiger partial charge >= 0.3 is 0 Å². The molecule has 3 heteroatoms. The van der Waals surface area contributed by atoms with Gasteiger partial charge in [0.25, 0.3) is 5.91 Å². The van der Waals surface area contributed by atoms with Crippen molar-refractivity contribution in [3.05, 3.63) is 65.2 Å². The Balaban J connectivity index is 1.85. The zero-order valence-corrected chi connectivity index (χ0v) is 13.4. The van der Waals surface area contributed by atoms with Crippen molar-refractivity contribution in [1.29, 1.82) is 0 Å². The molecule has 0 heterocycles. The average molecular weight is 297 g/mol. The molecule has 2 aromatic carbocycles. The zero-order valence-electron chi connectivity index (χ0n) is 13.4. The Kier molecular flexibility index (Phi) is 5.59. The van der Waals surface area contributed by atoms with E-state index >= 15 is 0 Å². The molecule has 0 spiro atoms. The van der Waals surface area contributed by atoms with Gasteiger partial charge < -0.3 is 10.1 Å². The second kappa shape index (κ2) is 7.64. The van der Waals surface area contributed by atoms with Crippen molar-refractivity contribution in [2.24, 2.45) is 0 Å². The summed E-state index contributed by atoms with van der Waals surface area (Å²) in [5, 5.41) is 2.89. The van der Waals surface area contributed by atoms with Crippen molar-refractivity contribution in [3.8, 4) is 5.75 Å². The van der Waals surface area contributed by atoms with Gasteiger partial charge in [-0.25, -0.2) is 0 Å². The van der Waals surface area contributed by atoms with Crippen LogP contribution in [0.3, 0.4) is 0 Å². The van der Waals surface area contributed by atoms with Crippen molar-refractivity contribution in [2.45, 2.75) is 26.7 Å². The normalized spacial score (nSPS) is 10.5. The molecule has 0 unspecified atom stereocenters. The first kappa shape index (κ1) is 16.1. The first-order chi connectivity index (χ1) is 10.6. The summed E-state index contributed by atoms with van der Waals surface area (Å²) >= 11 is 0. The average Bonchev–Trinajstić information content (AvgIpc) is 2.52. The van der Waals surface area contributed by atoms with Crippen LogP contribution in [0.5, 0.6) is 5.75 Å². The van der Waals surface area contributed by atoms with E-state index in [0.717, 1.165) is 11.3 Å². The number of rotatable bonds is 6. The molecule has 0 saturated carbocycles. The van der Waals surface area contributed by atoms with Crippen LogP contribution in [0.1, 0.15) is 41.3 Å². The minimum Gasteiger partial charge on any atom is -0.491 e. The summed E-state index contributed by atoms with van der Waals surface area (Å²) < 4.78 is 5.80. The summed E-state index contributed by atoms with van der Waals surface area (Å²) in [7, 11) is 0. The molecular formula is C19H23NO2. The fourth-order valence-electron chi connectivity index (χ4n) is 2.34.